The standard InChI is InChI=1S/C14H19NO3/c1-9(2)12(16)8-15-14(17)11-6-5-10(3)13(7-11)18-4/h5-7,9H,8H2,1-4H3,(H,15,17). The first-order chi connectivity index (χ1) is 8.45. The van der Waals surface area contributed by atoms with Crippen molar-refractivity contribution in [1.29, 1.82) is 0 Å². The average Bonchev–Trinajstić information content (AvgIpc) is 2.35. The Balaban J connectivity index is 2.70. The van der Waals surface area contributed by atoms with Crippen LogP contribution in [0.25, 0.3) is 0 Å². The predicted octanol–water partition coefficient (Wildman–Crippen LogP) is 1.96. The zero-order chi connectivity index (χ0) is 13.7. The van der Waals surface area contributed by atoms with Crippen LogP contribution >= 0.6 is 0 Å². The molecule has 0 heterocycles. The van der Waals surface area contributed by atoms with E-state index in [2.05, 4.69) is 5.32 Å². The lowest BCUT2D eigenvalue weighted by Gasteiger charge is -2.09. The summed E-state index contributed by atoms with van der Waals surface area (Å²) < 4.78 is 5.15. The molecule has 1 aromatic rings. The zero-order valence-electron chi connectivity index (χ0n) is 11.2. The predicted molar refractivity (Wildman–Crippen MR) is 69.9 cm³/mol. The number of aryl methyl sites for hydroxylation is 1. The van der Waals surface area contributed by atoms with Crippen LogP contribution in [0.1, 0.15) is 29.8 Å². The molecule has 1 amide bonds. The molecule has 0 saturated carbocycles. The van der Waals surface area contributed by atoms with E-state index in [-0.39, 0.29) is 24.2 Å². The van der Waals surface area contributed by atoms with Gasteiger partial charge in [-0.15, -0.1) is 0 Å². The fraction of sp³-hybridized carbons (Fsp3) is 0.429. The van der Waals surface area contributed by atoms with E-state index in [1.165, 1.54) is 0 Å². The molecular weight excluding hydrogens is 230 g/mol. The molecule has 4 nitrogen and oxygen atoms in total. The summed E-state index contributed by atoms with van der Waals surface area (Å²) in [5.41, 5.74) is 1.46. The first-order valence-corrected chi connectivity index (χ1v) is 5.91. The number of carbonyl (C=O) groups is 2. The molecule has 1 N–H and O–H groups in total. The summed E-state index contributed by atoms with van der Waals surface area (Å²) in [7, 11) is 1.56. The fourth-order valence-electron chi connectivity index (χ4n) is 1.43. The van der Waals surface area contributed by atoms with Crippen LogP contribution in [0.3, 0.4) is 0 Å². The van der Waals surface area contributed by atoms with Crippen molar-refractivity contribution in [2.45, 2.75) is 20.8 Å². The van der Waals surface area contributed by atoms with Crippen molar-refractivity contribution >= 4 is 11.7 Å². The van der Waals surface area contributed by atoms with Crippen LogP contribution in [-0.4, -0.2) is 25.3 Å². The SMILES string of the molecule is COc1cc(C(=O)NCC(=O)C(C)C)ccc1C. The fourth-order valence-corrected chi connectivity index (χ4v) is 1.43. The van der Waals surface area contributed by atoms with Crippen molar-refractivity contribution < 1.29 is 14.3 Å². The minimum Gasteiger partial charge on any atom is -0.496 e. The van der Waals surface area contributed by atoms with E-state index < -0.39 is 0 Å². The Bertz CT molecular complexity index is 452. The van der Waals surface area contributed by atoms with Gasteiger partial charge in [-0.25, -0.2) is 0 Å². The third kappa shape index (κ3) is 3.58. The number of methoxy groups -OCH3 is 1. The van der Waals surface area contributed by atoms with Crippen LogP contribution in [0, 0.1) is 12.8 Å². The molecule has 98 valence electrons. The van der Waals surface area contributed by atoms with Crippen molar-refractivity contribution in [2.24, 2.45) is 5.92 Å². The minimum atomic E-state index is -0.262. The van der Waals surface area contributed by atoms with Crippen molar-refractivity contribution in [1.82, 2.24) is 5.32 Å². The number of benzene rings is 1. The van der Waals surface area contributed by atoms with Crippen LogP contribution in [0.4, 0.5) is 0 Å². The Labute approximate surface area is 107 Å². The maximum Gasteiger partial charge on any atom is 0.251 e. The van der Waals surface area contributed by atoms with Crippen molar-refractivity contribution in [3.05, 3.63) is 29.3 Å². The van der Waals surface area contributed by atoms with E-state index in [1.807, 2.05) is 26.8 Å². The van der Waals surface area contributed by atoms with Gasteiger partial charge in [0.15, 0.2) is 5.78 Å². The number of ether oxygens (including phenoxy) is 1. The maximum absolute atomic E-state index is 11.8. The van der Waals surface area contributed by atoms with Gasteiger partial charge in [-0.1, -0.05) is 19.9 Å². The summed E-state index contributed by atoms with van der Waals surface area (Å²) in [4.78, 5) is 23.2. The molecule has 0 aliphatic carbocycles. The molecule has 0 fully saturated rings. The molecule has 0 spiro atoms. The maximum atomic E-state index is 11.8. The third-order valence-electron chi connectivity index (χ3n) is 2.74. The first kappa shape index (κ1) is 14.2. The summed E-state index contributed by atoms with van der Waals surface area (Å²) in [5, 5.41) is 2.61. The van der Waals surface area contributed by atoms with Crippen LogP contribution in [0.5, 0.6) is 5.75 Å². The molecule has 0 aliphatic heterocycles. The van der Waals surface area contributed by atoms with Crippen LogP contribution < -0.4 is 10.1 Å². The Kier molecular flexibility index (Phi) is 4.89. The molecule has 0 radical (unpaired) electrons. The van der Waals surface area contributed by atoms with E-state index in [0.717, 1.165) is 5.56 Å². The number of Topliss-reactive ketones (excluding diaryl/α,β-unsaturated/α-hetero) is 1. The Morgan fingerprint density at radius 3 is 2.56 bits per heavy atom. The van der Waals surface area contributed by atoms with E-state index >= 15 is 0 Å². The van der Waals surface area contributed by atoms with E-state index in [9.17, 15) is 9.59 Å². The molecule has 4 heteroatoms. The summed E-state index contributed by atoms with van der Waals surface area (Å²) in [5.74, 6) is 0.348. The van der Waals surface area contributed by atoms with Gasteiger partial charge in [0, 0.05) is 11.5 Å². The van der Waals surface area contributed by atoms with Gasteiger partial charge >= 0.3 is 0 Å². The molecule has 1 aromatic carbocycles. The second kappa shape index (κ2) is 6.19. The number of amides is 1. The minimum absolute atomic E-state index is 0.0161. The number of rotatable bonds is 5. The number of hydrogen-bond acceptors (Lipinski definition) is 3. The van der Waals surface area contributed by atoms with Gasteiger partial charge in [-0.3, -0.25) is 9.59 Å². The van der Waals surface area contributed by atoms with Gasteiger partial charge in [0.2, 0.25) is 0 Å². The topological polar surface area (TPSA) is 55.4 Å². The second-order valence-corrected chi connectivity index (χ2v) is 4.49. The largest absolute Gasteiger partial charge is 0.496 e. The molecular formula is C14H19NO3. The third-order valence-corrected chi connectivity index (χ3v) is 2.74. The monoisotopic (exact) mass is 249 g/mol. The Morgan fingerprint density at radius 1 is 1.33 bits per heavy atom. The van der Waals surface area contributed by atoms with E-state index in [1.54, 1.807) is 19.2 Å². The highest BCUT2D eigenvalue weighted by Crippen LogP contribution is 2.18. The smallest absolute Gasteiger partial charge is 0.251 e. The van der Waals surface area contributed by atoms with Gasteiger partial charge in [-0.2, -0.15) is 0 Å². The summed E-state index contributed by atoms with van der Waals surface area (Å²) in [6, 6.07) is 5.20. The van der Waals surface area contributed by atoms with Crippen molar-refractivity contribution in [3.63, 3.8) is 0 Å². The molecule has 0 saturated heterocycles. The Morgan fingerprint density at radius 2 is 2.00 bits per heavy atom. The molecule has 0 atom stereocenters. The normalized spacial score (nSPS) is 10.3. The number of hydrogen-bond donors (Lipinski definition) is 1. The van der Waals surface area contributed by atoms with Gasteiger partial charge in [0.1, 0.15) is 5.75 Å². The summed E-state index contributed by atoms with van der Waals surface area (Å²) in [6.45, 7) is 5.59. The second-order valence-electron chi connectivity index (χ2n) is 4.49. The van der Waals surface area contributed by atoms with E-state index in [0.29, 0.717) is 11.3 Å². The summed E-state index contributed by atoms with van der Waals surface area (Å²) in [6.07, 6.45) is 0. The molecule has 0 aromatic heterocycles. The molecule has 0 bridgehead atoms. The molecule has 1 rings (SSSR count). The molecule has 18 heavy (non-hydrogen) atoms. The van der Waals surface area contributed by atoms with Crippen LogP contribution in [-0.2, 0) is 4.79 Å². The van der Waals surface area contributed by atoms with Gasteiger partial charge in [0.25, 0.3) is 5.91 Å². The van der Waals surface area contributed by atoms with Crippen LogP contribution in [0.2, 0.25) is 0 Å². The molecule has 0 unspecified atom stereocenters. The zero-order valence-corrected chi connectivity index (χ0v) is 11.2. The lowest BCUT2D eigenvalue weighted by Crippen LogP contribution is -2.31. The average molecular weight is 249 g/mol. The van der Waals surface area contributed by atoms with Gasteiger partial charge in [-0.05, 0) is 24.6 Å². The lowest BCUT2D eigenvalue weighted by molar-refractivity contribution is -0.120. The van der Waals surface area contributed by atoms with E-state index in [4.69, 9.17) is 4.74 Å². The van der Waals surface area contributed by atoms with Crippen molar-refractivity contribution in [2.75, 3.05) is 13.7 Å². The highest BCUT2D eigenvalue weighted by Gasteiger charge is 2.11. The van der Waals surface area contributed by atoms with Gasteiger partial charge < -0.3 is 10.1 Å². The molecule has 0 aliphatic rings. The van der Waals surface area contributed by atoms with Crippen LogP contribution in [0.15, 0.2) is 18.2 Å². The quantitative estimate of drug-likeness (QED) is 0.867. The summed E-state index contributed by atoms with van der Waals surface area (Å²) >= 11 is 0. The van der Waals surface area contributed by atoms with Crippen molar-refractivity contribution in [3.8, 4) is 5.75 Å². The number of carbonyl (C=O) groups excluding carboxylic acids is 2. The number of ketones is 1. The van der Waals surface area contributed by atoms with Gasteiger partial charge in [0.05, 0.1) is 13.7 Å². The highest BCUT2D eigenvalue weighted by molar-refractivity contribution is 5.97. The Hall–Kier alpha value is -1.84. The number of nitrogens with one attached hydrogen (secondary N) is 1. The highest BCUT2D eigenvalue weighted by atomic mass is 16.5. The lowest BCUT2D eigenvalue weighted by atomic mass is 10.1. The first-order valence-electron chi connectivity index (χ1n) is 5.91.